The van der Waals surface area contributed by atoms with E-state index in [2.05, 4.69) is 19.2 Å². The molecule has 0 spiro atoms. The highest BCUT2D eigenvalue weighted by atomic mass is 16.5. The van der Waals surface area contributed by atoms with Gasteiger partial charge in [-0.05, 0) is 32.6 Å². The number of likely N-dealkylation sites (tertiary alicyclic amines) is 1. The van der Waals surface area contributed by atoms with Crippen molar-refractivity contribution in [3.05, 3.63) is 0 Å². The number of nitrogens with zero attached hydrogens (tertiary/aromatic N) is 1. The van der Waals surface area contributed by atoms with Crippen LogP contribution < -0.4 is 5.32 Å². The Hall–Kier alpha value is -1.30. The van der Waals surface area contributed by atoms with Crippen LogP contribution in [0.3, 0.4) is 0 Å². The topological polar surface area (TPSA) is 78.9 Å². The molecule has 0 bridgehead atoms. The third-order valence-corrected chi connectivity index (χ3v) is 5.59. The maximum absolute atomic E-state index is 12.4. The van der Waals surface area contributed by atoms with Crippen LogP contribution in [-0.2, 0) is 9.53 Å². The SMILES string of the molecule is CCOC1CC(NC(=O)N2CCC(C(=O)O)C2)C1(CC)CC. The Morgan fingerprint density at radius 2 is 2.00 bits per heavy atom. The molecule has 2 N–H and O–H groups in total. The third-order valence-electron chi connectivity index (χ3n) is 5.59. The van der Waals surface area contributed by atoms with E-state index < -0.39 is 11.9 Å². The van der Waals surface area contributed by atoms with Gasteiger partial charge in [-0.1, -0.05) is 13.8 Å². The molecule has 0 aromatic heterocycles. The van der Waals surface area contributed by atoms with Crippen LogP contribution in [0.25, 0.3) is 0 Å². The predicted octanol–water partition coefficient (Wildman–Crippen LogP) is 2.09. The lowest BCUT2D eigenvalue weighted by molar-refractivity contribution is -0.141. The summed E-state index contributed by atoms with van der Waals surface area (Å²) < 4.78 is 5.82. The van der Waals surface area contributed by atoms with E-state index in [4.69, 9.17) is 9.84 Å². The molecule has 1 saturated carbocycles. The maximum atomic E-state index is 12.4. The summed E-state index contributed by atoms with van der Waals surface area (Å²) in [6.07, 6.45) is 3.54. The molecule has 0 aromatic rings. The highest BCUT2D eigenvalue weighted by Gasteiger charge is 2.54. The van der Waals surface area contributed by atoms with Gasteiger partial charge in [-0.15, -0.1) is 0 Å². The molecule has 6 nitrogen and oxygen atoms in total. The molecular weight excluding hydrogens is 284 g/mol. The van der Waals surface area contributed by atoms with Crippen LogP contribution in [0.4, 0.5) is 4.79 Å². The molecule has 2 rings (SSSR count). The van der Waals surface area contributed by atoms with E-state index in [-0.39, 0.29) is 23.6 Å². The molecule has 2 amide bonds. The average Bonchev–Trinajstić information content (AvgIpc) is 2.97. The van der Waals surface area contributed by atoms with Crippen molar-refractivity contribution in [2.75, 3.05) is 19.7 Å². The molecule has 0 aromatic carbocycles. The van der Waals surface area contributed by atoms with Crippen molar-refractivity contribution >= 4 is 12.0 Å². The van der Waals surface area contributed by atoms with E-state index in [1.165, 1.54) is 0 Å². The summed E-state index contributed by atoms with van der Waals surface area (Å²) >= 11 is 0. The monoisotopic (exact) mass is 312 g/mol. The highest BCUT2D eigenvalue weighted by Crippen LogP contribution is 2.49. The van der Waals surface area contributed by atoms with Gasteiger partial charge in [-0.2, -0.15) is 0 Å². The fraction of sp³-hybridized carbons (Fsp3) is 0.875. The van der Waals surface area contributed by atoms with Crippen molar-refractivity contribution in [3.8, 4) is 0 Å². The minimum Gasteiger partial charge on any atom is -0.481 e. The van der Waals surface area contributed by atoms with Crippen LogP contribution in [0.1, 0.15) is 46.5 Å². The molecule has 1 aliphatic carbocycles. The fourth-order valence-electron chi connectivity index (χ4n) is 3.97. The molecule has 2 aliphatic rings. The number of carboxylic acid groups (broad SMARTS) is 1. The zero-order valence-electron chi connectivity index (χ0n) is 13.8. The predicted molar refractivity (Wildman–Crippen MR) is 82.7 cm³/mol. The number of hydrogen-bond acceptors (Lipinski definition) is 3. The van der Waals surface area contributed by atoms with Gasteiger partial charge in [-0.3, -0.25) is 4.79 Å². The maximum Gasteiger partial charge on any atom is 0.317 e. The van der Waals surface area contributed by atoms with Crippen molar-refractivity contribution in [1.82, 2.24) is 10.2 Å². The number of rotatable bonds is 6. The largest absolute Gasteiger partial charge is 0.481 e. The molecule has 1 heterocycles. The van der Waals surface area contributed by atoms with Crippen molar-refractivity contribution in [1.29, 1.82) is 0 Å². The van der Waals surface area contributed by atoms with Gasteiger partial charge in [0, 0.05) is 31.2 Å². The number of nitrogens with one attached hydrogen (secondary N) is 1. The molecule has 1 saturated heterocycles. The Kier molecular flexibility index (Phi) is 5.32. The van der Waals surface area contributed by atoms with E-state index in [1.807, 2.05) is 6.92 Å². The Morgan fingerprint density at radius 1 is 1.32 bits per heavy atom. The van der Waals surface area contributed by atoms with Crippen molar-refractivity contribution in [2.45, 2.75) is 58.6 Å². The Labute approximate surface area is 132 Å². The summed E-state index contributed by atoms with van der Waals surface area (Å²) in [6, 6.07) is -0.00889. The lowest BCUT2D eigenvalue weighted by Crippen LogP contribution is -2.65. The zero-order valence-corrected chi connectivity index (χ0v) is 13.8. The number of carbonyl (C=O) groups is 2. The molecule has 0 radical (unpaired) electrons. The van der Waals surface area contributed by atoms with E-state index >= 15 is 0 Å². The minimum atomic E-state index is -0.813. The summed E-state index contributed by atoms with van der Waals surface area (Å²) in [4.78, 5) is 25.0. The van der Waals surface area contributed by atoms with Crippen molar-refractivity contribution < 1.29 is 19.4 Å². The number of amides is 2. The summed E-state index contributed by atoms with van der Waals surface area (Å²) in [5, 5.41) is 12.1. The van der Waals surface area contributed by atoms with Gasteiger partial charge in [0.2, 0.25) is 0 Å². The number of ether oxygens (including phenoxy) is 1. The van der Waals surface area contributed by atoms with Gasteiger partial charge < -0.3 is 20.1 Å². The highest BCUT2D eigenvalue weighted by molar-refractivity contribution is 5.77. The lowest BCUT2D eigenvalue weighted by atomic mass is 9.58. The number of urea groups is 1. The van der Waals surface area contributed by atoms with Crippen LogP contribution in [-0.4, -0.2) is 53.8 Å². The zero-order chi connectivity index (χ0) is 16.3. The minimum absolute atomic E-state index is 0.0115. The smallest absolute Gasteiger partial charge is 0.317 e. The standard InChI is InChI=1S/C16H28N2O4/c1-4-16(5-2)12(9-13(16)22-6-3)17-15(21)18-8-7-11(10-18)14(19)20/h11-13H,4-10H2,1-3H3,(H,17,21)(H,19,20). The molecule has 22 heavy (non-hydrogen) atoms. The van der Waals surface area contributed by atoms with Gasteiger partial charge in [0.1, 0.15) is 0 Å². The fourth-order valence-corrected chi connectivity index (χ4v) is 3.97. The van der Waals surface area contributed by atoms with Crippen molar-refractivity contribution in [3.63, 3.8) is 0 Å². The Bertz CT molecular complexity index is 422. The molecule has 3 unspecified atom stereocenters. The van der Waals surface area contributed by atoms with Gasteiger partial charge in [0.25, 0.3) is 0 Å². The second-order valence-corrected chi connectivity index (χ2v) is 6.39. The van der Waals surface area contributed by atoms with E-state index in [1.54, 1.807) is 4.90 Å². The Balaban J connectivity index is 1.93. The molecular formula is C16H28N2O4. The molecule has 126 valence electrons. The number of carboxylic acids is 1. The number of carbonyl (C=O) groups excluding carboxylic acids is 1. The van der Waals surface area contributed by atoms with Crippen LogP contribution >= 0.6 is 0 Å². The summed E-state index contributed by atoms with van der Waals surface area (Å²) in [5.74, 6) is -1.24. The molecule has 2 fully saturated rings. The van der Waals surface area contributed by atoms with E-state index in [0.717, 1.165) is 19.3 Å². The second-order valence-electron chi connectivity index (χ2n) is 6.39. The van der Waals surface area contributed by atoms with Crippen LogP contribution in [0.2, 0.25) is 0 Å². The average molecular weight is 312 g/mol. The van der Waals surface area contributed by atoms with Gasteiger partial charge >= 0.3 is 12.0 Å². The second kappa shape index (κ2) is 6.86. The van der Waals surface area contributed by atoms with Crippen LogP contribution in [0.5, 0.6) is 0 Å². The molecule has 3 atom stereocenters. The van der Waals surface area contributed by atoms with Gasteiger partial charge in [-0.25, -0.2) is 4.79 Å². The first-order valence-corrected chi connectivity index (χ1v) is 8.38. The third kappa shape index (κ3) is 2.93. The van der Waals surface area contributed by atoms with Crippen molar-refractivity contribution in [2.24, 2.45) is 11.3 Å². The number of aliphatic carboxylic acids is 1. The van der Waals surface area contributed by atoms with Gasteiger partial charge in [0.05, 0.1) is 12.0 Å². The van der Waals surface area contributed by atoms with Crippen LogP contribution in [0, 0.1) is 11.3 Å². The summed E-state index contributed by atoms with van der Waals surface area (Å²) in [5.41, 5.74) is 0.0115. The summed E-state index contributed by atoms with van der Waals surface area (Å²) in [6.45, 7) is 7.82. The molecule has 6 heteroatoms. The van der Waals surface area contributed by atoms with Gasteiger partial charge in [0.15, 0.2) is 0 Å². The lowest BCUT2D eigenvalue weighted by Gasteiger charge is -2.55. The first-order valence-electron chi connectivity index (χ1n) is 8.38. The number of hydrogen-bond donors (Lipinski definition) is 2. The van der Waals surface area contributed by atoms with E-state index in [9.17, 15) is 9.59 Å². The Morgan fingerprint density at radius 3 is 2.50 bits per heavy atom. The summed E-state index contributed by atoms with van der Waals surface area (Å²) in [7, 11) is 0. The normalized spacial score (nSPS) is 30.0. The quantitative estimate of drug-likeness (QED) is 0.787. The molecule has 1 aliphatic heterocycles. The first-order chi connectivity index (χ1) is 10.5. The van der Waals surface area contributed by atoms with Crippen LogP contribution in [0.15, 0.2) is 0 Å². The first kappa shape index (κ1) is 17.1. The van der Waals surface area contributed by atoms with E-state index in [0.29, 0.717) is 26.1 Å².